The maximum atomic E-state index is 13.6. The van der Waals surface area contributed by atoms with E-state index in [2.05, 4.69) is 21.0 Å². The predicted octanol–water partition coefficient (Wildman–Crippen LogP) is 3.78. The quantitative estimate of drug-likeness (QED) is 0.916. The Morgan fingerprint density at radius 2 is 1.90 bits per heavy atom. The molecule has 0 fully saturated rings. The molecule has 1 N–H and O–H groups in total. The Bertz CT molecular complexity index is 593. The fraction of sp³-hybridized carbons (Fsp3) is 0.357. The van der Waals surface area contributed by atoms with Crippen molar-refractivity contribution < 1.29 is 13.9 Å². The molecular formula is C14H15BrF2N2O. The van der Waals surface area contributed by atoms with E-state index in [9.17, 15) is 13.9 Å². The molecule has 3 nitrogen and oxygen atoms in total. The van der Waals surface area contributed by atoms with Crippen molar-refractivity contribution >= 4 is 15.9 Å². The average Bonchev–Trinajstić information content (AvgIpc) is 2.76. The van der Waals surface area contributed by atoms with Crippen LogP contribution in [0.3, 0.4) is 0 Å². The fourth-order valence-electron chi connectivity index (χ4n) is 2.09. The van der Waals surface area contributed by atoms with E-state index in [0.717, 1.165) is 0 Å². The van der Waals surface area contributed by atoms with Crippen LogP contribution in [0, 0.1) is 11.6 Å². The molecule has 1 heterocycles. The van der Waals surface area contributed by atoms with Crippen molar-refractivity contribution in [2.24, 2.45) is 0 Å². The zero-order valence-corrected chi connectivity index (χ0v) is 12.7. The highest BCUT2D eigenvalue weighted by molar-refractivity contribution is 9.10. The van der Waals surface area contributed by atoms with Gasteiger partial charge in [0, 0.05) is 18.0 Å². The largest absolute Gasteiger partial charge is 0.386 e. The summed E-state index contributed by atoms with van der Waals surface area (Å²) in [4.78, 5) is 0. The highest BCUT2D eigenvalue weighted by Crippen LogP contribution is 2.29. The van der Waals surface area contributed by atoms with E-state index >= 15 is 0 Å². The van der Waals surface area contributed by atoms with Crippen LogP contribution in [0.4, 0.5) is 8.78 Å². The molecule has 20 heavy (non-hydrogen) atoms. The van der Waals surface area contributed by atoms with E-state index in [1.54, 1.807) is 10.9 Å². The van der Waals surface area contributed by atoms with E-state index < -0.39 is 17.7 Å². The molecular weight excluding hydrogens is 330 g/mol. The first kappa shape index (κ1) is 15.1. The summed E-state index contributed by atoms with van der Waals surface area (Å²) in [6.45, 7) is 3.83. The summed E-state index contributed by atoms with van der Waals surface area (Å²) in [5.41, 5.74) is 0.394. The van der Waals surface area contributed by atoms with Gasteiger partial charge >= 0.3 is 0 Å². The van der Waals surface area contributed by atoms with E-state index in [0.29, 0.717) is 10.2 Å². The molecule has 0 spiro atoms. The van der Waals surface area contributed by atoms with Gasteiger partial charge < -0.3 is 5.11 Å². The van der Waals surface area contributed by atoms with E-state index in [4.69, 9.17) is 0 Å². The highest BCUT2D eigenvalue weighted by atomic mass is 79.9. The lowest BCUT2D eigenvalue weighted by atomic mass is 10.0. The number of nitrogens with zero attached hydrogens (tertiary/aromatic N) is 2. The summed E-state index contributed by atoms with van der Waals surface area (Å²) in [5, 5.41) is 14.4. The van der Waals surface area contributed by atoms with Crippen molar-refractivity contribution in [2.45, 2.75) is 32.4 Å². The number of halogens is 3. The topological polar surface area (TPSA) is 38.0 Å². The molecule has 108 valence electrons. The van der Waals surface area contributed by atoms with Gasteiger partial charge in [-0.1, -0.05) is 6.07 Å². The SMILES string of the molecule is CC(C)n1ncc(Br)c1C(O)Cc1c(F)cccc1F. The lowest BCUT2D eigenvalue weighted by Crippen LogP contribution is -2.14. The van der Waals surface area contributed by atoms with Gasteiger partial charge in [0.1, 0.15) is 17.7 Å². The summed E-state index contributed by atoms with van der Waals surface area (Å²) >= 11 is 3.31. The van der Waals surface area contributed by atoms with Crippen LogP contribution >= 0.6 is 15.9 Å². The van der Waals surface area contributed by atoms with Crippen LogP contribution in [0.2, 0.25) is 0 Å². The minimum atomic E-state index is -1.04. The maximum absolute atomic E-state index is 13.6. The molecule has 0 aliphatic rings. The third-order valence-corrected chi connectivity index (χ3v) is 3.66. The van der Waals surface area contributed by atoms with Crippen molar-refractivity contribution in [3.63, 3.8) is 0 Å². The Hall–Kier alpha value is -1.27. The fourth-order valence-corrected chi connectivity index (χ4v) is 2.63. The number of hydrogen-bond acceptors (Lipinski definition) is 2. The molecule has 1 aromatic heterocycles. The van der Waals surface area contributed by atoms with Gasteiger partial charge in [-0.05, 0) is 41.9 Å². The predicted molar refractivity (Wildman–Crippen MR) is 75.3 cm³/mol. The van der Waals surface area contributed by atoms with Crippen LogP contribution < -0.4 is 0 Å². The summed E-state index contributed by atoms with van der Waals surface area (Å²) in [5.74, 6) is -1.31. The van der Waals surface area contributed by atoms with Crippen molar-refractivity contribution in [2.75, 3.05) is 0 Å². The summed E-state index contributed by atoms with van der Waals surface area (Å²) in [6, 6.07) is 3.70. The van der Waals surface area contributed by atoms with Gasteiger partial charge in [0.25, 0.3) is 0 Å². The molecule has 0 saturated carbocycles. The lowest BCUT2D eigenvalue weighted by molar-refractivity contribution is 0.161. The van der Waals surface area contributed by atoms with Gasteiger partial charge in [-0.3, -0.25) is 4.68 Å². The Morgan fingerprint density at radius 3 is 2.45 bits per heavy atom. The molecule has 0 aliphatic heterocycles. The van der Waals surface area contributed by atoms with Crippen molar-refractivity contribution in [1.82, 2.24) is 9.78 Å². The van der Waals surface area contributed by atoms with E-state index in [-0.39, 0.29) is 18.0 Å². The van der Waals surface area contributed by atoms with Crippen LogP contribution in [-0.2, 0) is 6.42 Å². The zero-order chi connectivity index (χ0) is 14.9. The van der Waals surface area contributed by atoms with Crippen LogP contribution in [-0.4, -0.2) is 14.9 Å². The summed E-state index contributed by atoms with van der Waals surface area (Å²) in [7, 11) is 0. The minimum absolute atomic E-state index is 0.0383. The molecule has 2 aromatic rings. The van der Waals surface area contributed by atoms with Crippen molar-refractivity contribution in [3.05, 3.63) is 51.8 Å². The smallest absolute Gasteiger partial charge is 0.129 e. The Labute approximate surface area is 124 Å². The normalized spacial score (nSPS) is 12.9. The molecule has 0 radical (unpaired) electrons. The average molecular weight is 345 g/mol. The monoisotopic (exact) mass is 344 g/mol. The number of aliphatic hydroxyl groups is 1. The van der Waals surface area contributed by atoms with Crippen LogP contribution in [0.25, 0.3) is 0 Å². The van der Waals surface area contributed by atoms with Crippen LogP contribution in [0.5, 0.6) is 0 Å². The maximum Gasteiger partial charge on any atom is 0.129 e. The third kappa shape index (κ3) is 2.91. The third-order valence-electron chi connectivity index (χ3n) is 3.05. The van der Waals surface area contributed by atoms with E-state index in [1.807, 2.05) is 13.8 Å². The molecule has 1 unspecified atom stereocenters. The van der Waals surface area contributed by atoms with Crippen LogP contribution in [0.1, 0.15) is 37.3 Å². The number of benzene rings is 1. The molecule has 0 amide bonds. The van der Waals surface area contributed by atoms with E-state index in [1.165, 1.54) is 18.2 Å². The number of aromatic nitrogens is 2. The molecule has 0 bridgehead atoms. The van der Waals surface area contributed by atoms with Crippen molar-refractivity contribution in [3.8, 4) is 0 Å². The molecule has 0 aliphatic carbocycles. The summed E-state index contributed by atoms with van der Waals surface area (Å²) < 4.78 is 29.5. The highest BCUT2D eigenvalue weighted by Gasteiger charge is 2.22. The van der Waals surface area contributed by atoms with Gasteiger partial charge in [-0.25, -0.2) is 8.78 Å². The molecule has 1 aromatic carbocycles. The molecule has 2 rings (SSSR count). The Morgan fingerprint density at radius 1 is 1.30 bits per heavy atom. The minimum Gasteiger partial charge on any atom is -0.386 e. The molecule has 6 heteroatoms. The number of rotatable bonds is 4. The first-order valence-electron chi connectivity index (χ1n) is 6.25. The number of aliphatic hydroxyl groups excluding tert-OH is 1. The number of hydrogen-bond donors (Lipinski definition) is 1. The van der Waals surface area contributed by atoms with Gasteiger partial charge in [-0.15, -0.1) is 0 Å². The summed E-state index contributed by atoms with van der Waals surface area (Å²) in [6.07, 6.45) is 0.381. The van der Waals surface area contributed by atoms with Gasteiger partial charge in [-0.2, -0.15) is 5.10 Å². The second-order valence-corrected chi connectivity index (χ2v) is 5.69. The zero-order valence-electron chi connectivity index (χ0n) is 11.1. The second kappa shape index (κ2) is 6.01. The second-order valence-electron chi connectivity index (χ2n) is 4.84. The Balaban J connectivity index is 2.33. The lowest BCUT2D eigenvalue weighted by Gasteiger charge is -2.17. The van der Waals surface area contributed by atoms with Gasteiger partial charge in [0.2, 0.25) is 0 Å². The first-order valence-corrected chi connectivity index (χ1v) is 7.05. The Kier molecular flexibility index (Phi) is 4.55. The van der Waals surface area contributed by atoms with Gasteiger partial charge in [0.15, 0.2) is 0 Å². The van der Waals surface area contributed by atoms with Crippen molar-refractivity contribution in [1.29, 1.82) is 0 Å². The molecule has 1 atom stereocenters. The molecule has 0 saturated heterocycles. The first-order chi connectivity index (χ1) is 9.41. The van der Waals surface area contributed by atoms with Crippen LogP contribution in [0.15, 0.2) is 28.9 Å². The standard InChI is InChI=1S/C14H15BrF2N2O/c1-8(2)19-14(10(15)7-18-19)13(20)6-9-11(16)4-3-5-12(9)17/h3-5,7-8,13,20H,6H2,1-2H3. The van der Waals surface area contributed by atoms with Gasteiger partial charge in [0.05, 0.1) is 16.4 Å².